The van der Waals surface area contributed by atoms with Crippen molar-refractivity contribution in [1.29, 1.82) is 0 Å². The SMILES string of the molecule is Cc1c[nH]c(/C=C2\C(=O)Nc3ccccc32)c1CCC(=O)OCC[Te]CCOC(=O)CCc1c(C)[nH]c(/C=C2/C(=O)Nc3ccccc32)c1C. The van der Waals surface area contributed by atoms with E-state index >= 15 is 0 Å². The van der Waals surface area contributed by atoms with Crippen molar-refractivity contribution in [3.8, 4) is 0 Å². The molecular weight excluding hydrogens is 748 g/mol. The van der Waals surface area contributed by atoms with E-state index < -0.39 is 20.9 Å². The molecule has 0 fully saturated rings. The van der Waals surface area contributed by atoms with Gasteiger partial charge < -0.3 is 5.32 Å². The molecule has 0 radical (unpaired) electrons. The molecule has 0 aliphatic carbocycles. The van der Waals surface area contributed by atoms with Crippen LogP contribution in [0.15, 0.2) is 54.7 Å². The van der Waals surface area contributed by atoms with Gasteiger partial charge in [-0.25, -0.2) is 0 Å². The molecule has 2 aromatic carbocycles. The van der Waals surface area contributed by atoms with Gasteiger partial charge in [0.2, 0.25) is 0 Å². The van der Waals surface area contributed by atoms with Gasteiger partial charge in [-0.3, -0.25) is 4.79 Å². The zero-order chi connectivity index (χ0) is 35.2. The van der Waals surface area contributed by atoms with E-state index in [-0.39, 0.29) is 36.6 Å². The van der Waals surface area contributed by atoms with Crippen molar-refractivity contribution in [1.82, 2.24) is 9.97 Å². The van der Waals surface area contributed by atoms with Crippen LogP contribution < -0.4 is 10.6 Å². The number of hydrogen-bond acceptors (Lipinski definition) is 6. The van der Waals surface area contributed by atoms with Gasteiger partial charge in [0.05, 0.1) is 0 Å². The number of carbonyl (C=O) groups excluding carboxylic acids is 4. The Labute approximate surface area is 301 Å². The van der Waals surface area contributed by atoms with Crippen LogP contribution in [0.1, 0.15) is 63.3 Å². The Morgan fingerprint density at radius 1 is 0.720 bits per heavy atom. The predicted molar refractivity (Wildman–Crippen MR) is 196 cm³/mol. The molecule has 2 aliphatic heterocycles. The Bertz CT molecular complexity index is 2020. The number of aryl methyl sites for hydroxylation is 2. The zero-order valence-corrected chi connectivity index (χ0v) is 30.7. The second-order valence-corrected chi connectivity index (χ2v) is 15.8. The molecule has 2 amide bonds. The summed E-state index contributed by atoms with van der Waals surface area (Å²) >= 11 is -0.460. The molecule has 0 unspecified atom stereocenters. The first kappa shape index (κ1) is 35.0. The molecule has 258 valence electrons. The number of aromatic amines is 2. The fraction of sp³-hybridized carbons (Fsp3) is 0.282. The molecule has 4 aromatic rings. The van der Waals surface area contributed by atoms with Crippen molar-refractivity contribution < 1.29 is 28.7 Å². The summed E-state index contributed by atoms with van der Waals surface area (Å²) in [5.74, 6) is -0.755. The summed E-state index contributed by atoms with van der Waals surface area (Å²) < 4.78 is 12.6. The number of benzene rings is 2. The topological polar surface area (TPSA) is 142 Å². The van der Waals surface area contributed by atoms with E-state index in [0.29, 0.717) is 37.2 Å². The number of para-hydroxylation sites is 2. The quantitative estimate of drug-likeness (QED) is 0.0502. The van der Waals surface area contributed by atoms with Crippen LogP contribution in [0.3, 0.4) is 0 Å². The van der Waals surface area contributed by atoms with Crippen molar-refractivity contribution in [3.05, 3.63) is 105 Å². The molecule has 0 saturated heterocycles. The maximum atomic E-state index is 12.5. The van der Waals surface area contributed by atoms with E-state index in [9.17, 15) is 19.2 Å². The Hall–Kier alpha value is -4.85. The number of carbonyl (C=O) groups is 4. The maximum absolute atomic E-state index is 12.5. The molecule has 0 saturated carbocycles. The van der Waals surface area contributed by atoms with Gasteiger partial charge in [0.15, 0.2) is 0 Å². The Morgan fingerprint density at radius 2 is 1.24 bits per heavy atom. The van der Waals surface area contributed by atoms with Gasteiger partial charge in [0.1, 0.15) is 0 Å². The Balaban J connectivity index is 0.879. The van der Waals surface area contributed by atoms with E-state index in [1.807, 2.05) is 87.7 Å². The zero-order valence-electron chi connectivity index (χ0n) is 28.4. The molecule has 2 aliphatic rings. The molecule has 0 bridgehead atoms. The number of hydrogen-bond donors (Lipinski definition) is 4. The van der Waals surface area contributed by atoms with Crippen LogP contribution in [0.25, 0.3) is 23.3 Å². The Kier molecular flexibility index (Phi) is 11.1. The number of anilines is 2. The normalized spacial score (nSPS) is 14.9. The van der Waals surface area contributed by atoms with Gasteiger partial charge in [-0.15, -0.1) is 0 Å². The number of amides is 2. The summed E-state index contributed by atoms with van der Waals surface area (Å²) in [6, 6.07) is 15.2. The van der Waals surface area contributed by atoms with E-state index in [0.717, 1.165) is 70.8 Å². The number of fused-ring (bicyclic) bond motifs is 2. The molecular formula is C39H40N4O6Te. The van der Waals surface area contributed by atoms with E-state index in [1.165, 1.54) is 0 Å². The third-order valence-electron chi connectivity index (χ3n) is 9.01. The average Bonchev–Trinajstić information content (AvgIpc) is 3.80. The van der Waals surface area contributed by atoms with Crippen LogP contribution in [-0.2, 0) is 41.5 Å². The average molecular weight is 788 g/mol. The second-order valence-electron chi connectivity index (χ2n) is 12.3. The minimum atomic E-state index is -0.460. The minimum absolute atomic E-state index is 0.126. The van der Waals surface area contributed by atoms with Gasteiger partial charge in [-0.2, -0.15) is 0 Å². The number of esters is 2. The van der Waals surface area contributed by atoms with Gasteiger partial charge in [0.25, 0.3) is 0 Å². The summed E-state index contributed by atoms with van der Waals surface area (Å²) in [6.45, 7) is 6.70. The number of aromatic nitrogens is 2. The van der Waals surface area contributed by atoms with Crippen LogP contribution in [0, 0.1) is 20.8 Å². The first-order valence-corrected chi connectivity index (χ1v) is 20.0. The summed E-state index contributed by atoms with van der Waals surface area (Å²) in [6.07, 6.45) is 7.20. The molecule has 4 heterocycles. The molecule has 4 N–H and O–H groups in total. The van der Waals surface area contributed by atoms with Crippen LogP contribution in [0.4, 0.5) is 11.4 Å². The van der Waals surface area contributed by atoms with E-state index in [1.54, 1.807) is 0 Å². The summed E-state index contributed by atoms with van der Waals surface area (Å²) in [5, 5.41) is 5.79. The number of nitrogens with one attached hydrogen (secondary N) is 4. The van der Waals surface area contributed by atoms with Crippen molar-refractivity contribution in [2.45, 2.75) is 55.4 Å². The van der Waals surface area contributed by atoms with Gasteiger partial charge in [0, 0.05) is 5.69 Å². The predicted octanol–water partition coefficient (Wildman–Crippen LogP) is 6.45. The van der Waals surface area contributed by atoms with Gasteiger partial charge >= 0.3 is 244 Å². The van der Waals surface area contributed by atoms with Crippen molar-refractivity contribution in [2.24, 2.45) is 0 Å². The first-order valence-electron chi connectivity index (χ1n) is 16.7. The second kappa shape index (κ2) is 15.8. The summed E-state index contributed by atoms with van der Waals surface area (Å²) in [7, 11) is 0. The fourth-order valence-corrected chi connectivity index (χ4v) is 8.08. The molecule has 11 heteroatoms. The molecule has 2 aromatic heterocycles. The monoisotopic (exact) mass is 790 g/mol. The number of ether oxygens (including phenoxy) is 2. The number of H-pyrrole nitrogens is 2. The van der Waals surface area contributed by atoms with Crippen molar-refractivity contribution >= 4 is 79.3 Å². The summed E-state index contributed by atoms with van der Waals surface area (Å²) in [5.41, 5.74) is 11.3. The molecule has 0 atom stereocenters. The Morgan fingerprint density at radius 3 is 1.82 bits per heavy atom. The third kappa shape index (κ3) is 7.96. The molecule has 6 rings (SSSR count). The summed E-state index contributed by atoms with van der Waals surface area (Å²) in [4.78, 5) is 56.7. The fourth-order valence-electron chi connectivity index (χ4n) is 6.35. The van der Waals surface area contributed by atoms with Crippen LogP contribution in [0.5, 0.6) is 0 Å². The first-order chi connectivity index (χ1) is 24.2. The van der Waals surface area contributed by atoms with Gasteiger partial charge in [-0.1, -0.05) is 30.3 Å². The molecule has 50 heavy (non-hydrogen) atoms. The molecule has 10 nitrogen and oxygen atoms in total. The molecule has 0 spiro atoms. The van der Waals surface area contributed by atoms with Crippen LogP contribution in [-0.4, -0.2) is 67.9 Å². The standard InChI is InChI=1S/C39H40N4O6Te/c1-23-22-40-35(21-31-29-9-5-7-11-33(29)43-39(31)47)26(23)12-14-36(44)48-16-18-50-19-17-49-37(45)15-13-27-24(2)34(41-25(27)3)20-30-28-8-4-6-10-32(28)42-38(30)46/h4-11,20-22,40-41H,12-19H2,1-3H3,(H,42,46)(H,43,47)/b30-20+,31-21-. The third-order valence-corrected chi connectivity index (χ3v) is 11.6. The van der Waals surface area contributed by atoms with Crippen LogP contribution in [0.2, 0.25) is 8.94 Å². The van der Waals surface area contributed by atoms with Crippen LogP contribution >= 0.6 is 0 Å². The van der Waals surface area contributed by atoms with Crippen molar-refractivity contribution in [3.63, 3.8) is 0 Å². The number of rotatable bonds is 14. The van der Waals surface area contributed by atoms with E-state index in [4.69, 9.17) is 9.47 Å². The van der Waals surface area contributed by atoms with E-state index in [2.05, 4.69) is 20.6 Å². The van der Waals surface area contributed by atoms with Gasteiger partial charge in [-0.05, 0) is 12.1 Å². The van der Waals surface area contributed by atoms with Crippen molar-refractivity contribution in [2.75, 3.05) is 23.8 Å².